The van der Waals surface area contributed by atoms with Gasteiger partial charge >= 0.3 is 5.97 Å². The molecule has 0 saturated heterocycles. The van der Waals surface area contributed by atoms with Crippen LogP contribution >= 0.6 is 0 Å². The molecule has 0 fully saturated rings. The molecule has 1 aromatic carbocycles. The molecule has 0 bridgehead atoms. The number of rotatable bonds is 3. The fourth-order valence-electron chi connectivity index (χ4n) is 2.14. The summed E-state index contributed by atoms with van der Waals surface area (Å²) in [6.45, 7) is 2.05. The monoisotopic (exact) mass is 254 g/mol. The maximum atomic E-state index is 11.9. The zero-order valence-electron chi connectivity index (χ0n) is 9.55. The summed E-state index contributed by atoms with van der Waals surface area (Å²) in [7, 11) is -3.22. The van der Waals surface area contributed by atoms with E-state index in [-0.39, 0.29) is 24.1 Å². The summed E-state index contributed by atoms with van der Waals surface area (Å²) in [6.07, 6.45) is 0.129. The summed E-state index contributed by atoms with van der Waals surface area (Å²) >= 11 is 0. The van der Waals surface area contributed by atoms with Crippen LogP contribution in [-0.2, 0) is 19.4 Å². The summed E-state index contributed by atoms with van der Waals surface area (Å²) in [4.78, 5) is 11.8. The van der Waals surface area contributed by atoms with Crippen LogP contribution < -0.4 is 0 Å². The molecule has 0 radical (unpaired) electrons. The number of carbonyl (C=O) groups is 1. The third kappa shape index (κ3) is 2.34. The Balaban J connectivity index is 2.26. The van der Waals surface area contributed by atoms with Crippen LogP contribution in [0.3, 0.4) is 0 Å². The first-order valence-corrected chi connectivity index (χ1v) is 7.17. The highest BCUT2D eigenvalue weighted by Crippen LogP contribution is 2.36. The van der Waals surface area contributed by atoms with Crippen LogP contribution in [0, 0.1) is 0 Å². The fourth-order valence-corrected chi connectivity index (χ4v) is 4.02. The van der Waals surface area contributed by atoms with Gasteiger partial charge in [-0.05, 0) is 18.6 Å². The van der Waals surface area contributed by atoms with Gasteiger partial charge in [-0.25, -0.2) is 8.42 Å². The molecule has 1 aliphatic rings. The quantitative estimate of drug-likeness (QED) is 0.767. The lowest BCUT2D eigenvalue weighted by Crippen LogP contribution is -2.12. The lowest BCUT2D eigenvalue weighted by atomic mass is 9.98. The number of hydrogen-bond donors (Lipinski definition) is 0. The Hall–Kier alpha value is -1.36. The molecule has 92 valence electrons. The second-order valence-electron chi connectivity index (χ2n) is 4.03. The second-order valence-corrected chi connectivity index (χ2v) is 6.03. The maximum absolute atomic E-state index is 11.9. The van der Waals surface area contributed by atoms with Crippen molar-refractivity contribution in [1.82, 2.24) is 0 Å². The smallest absolute Gasteiger partial charge is 0.306 e. The Kier molecular flexibility index (Phi) is 3.19. The molecule has 5 heteroatoms. The van der Waals surface area contributed by atoms with Crippen molar-refractivity contribution in [1.29, 1.82) is 0 Å². The number of hydrogen-bond acceptors (Lipinski definition) is 4. The summed E-state index contributed by atoms with van der Waals surface area (Å²) < 4.78 is 28.6. The minimum Gasteiger partial charge on any atom is -0.466 e. The molecular weight excluding hydrogens is 240 g/mol. The largest absolute Gasteiger partial charge is 0.466 e. The Morgan fingerprint density at radius 3 is 2.82 bits per heavy atom. The van der Waals surface area contributed by atoms with Crippen molar-refractivity contribution >= 4 is 15.8 Å². The van der Waals surface area contributed by atoms with Gasteiger partial charge < -0.3 is 4.74 Å². The summed E-state index contributed by atoms with van der Waals surface area (Å²) in [5, 5.41) is 0. The van der Waals surface area contributed by atoms with E-state index in [0.29, 0.717) is 11.5 Å². The maximum Gasteiger partial charge on any atom is 0.306 e. The predicted molar refractivity (Wildman–Crippen MR) is 62.5 cm³/mol. The van der Waals surface area contributed by atoms with E-state index < -0.39 is 9.84 Å². The van der Waals surface area contributed by atoms with Crippen molar-refractivity contribution in [2.75, 3.05) is 12.4 Å². The lowest BCUT2D eigenvalue weighted by molar-refractivity contribution is -0.143. The minimum absolute atomic E-state index is 0.00512. The summed E-state index contributed by atoms with van der Waals surface area (Å²) in [6, 6.07) is 6.85. The molecule has 1 heterocycles. The standard InChI is InChI=1S/C12H14O4S/c1-2-16-12(13)7-9-8-17(14,15)11-6-4-3-5-10(9)11/h3-6,9H,2,7-8H2,1H3. The van der Waals surface area contributed by atoms with Crippen LogP contribution in [0.1, 0.15) is 24.8 Å². The first-order valence-electron chi connectivity index (χ1n) is 5.52. The molecule has 0 aliphatic carbocycles. The van der Waals surface area contributed by atoms with Gasteiger partial charge in [-0.1, -0.05) is 18.2 Å². The van der Waals surface area contributed by atoms with Crippen molar-refractivity contribution in [2.24, 2.45) is 0 Å². The van der Waals surface area contributed by atoms with Gasteiger partial charge in [0.25, 0.3) is 0 Å². The van der Waals surface area contributed by atoms with Gasteiger partial charge in [0, 0.05) is 5.92 Å². The molecule has 0 saturated carbocycles. The average Bonchev–Trinajstić information content (AvgIpc) is 2.52. The van der Waals surface area contributed by atoms with E-state index in [9.17, 15) is 13.2 Å². The third-order valence-electron chi connectivity index (χ3n) is 2.83. The van der Waals surface area contributed by atoms with Crippen molar-refractivity contribution in [2.45, 2.75) is 24.2 Å². The normalized spacial score (nSPS) is 20.9. The fraction of sp³-hybridized carbons (Fsp3) is 0.417. The van der Waals surface area contributed by atoms with Crippen molar-refractivity contribution in [3.8, 4) is 0 Å². The molecule has 17 heavy (non-hydrogen) atoms. The summed E-state index contributed by atoms with van der Waals surface area (Å²) in [5.41, 5.74) is 0.737. The van der Waals surface area contributed by atoms with Gasteiger partial charge in [0.05, 0.1) is 23.7 Å². The molecule has 1 unspecified atom stereocenters. The zero-order chi connectivity index (χ0) is 12.5. The number of carbonyl (C=O) groups excluding carboxylic acids is 1. The molecule has 2 rings (SSSR count). The van der Waals surface area contributed by atoms with Crippen LogP contribution in [-0.4, -0.2) is 26.7 Å². The Morgan fingerprint density at radius 1 is 1.41 bits per heavy atom. The van der Waals surface area contributed by atoms with Crippen LogP contribution in [0.2, 0.25) is 0 Å². The SMILES string of the molecule is CCOC(=O)CC1CS(=O)(=O)c2ccccc21. The molecule has 0 N–H and O–H groups in total. The van der Waals surface area contributed by atoms with Gasteiger partial charge in [-0.3, -0.25) is 4.79 Å². The van der Waals surface area contributed by atoms with Gasteiger partial charge in [-0.2, -0.15) is 0 Å². The van der Waals surface area contributed by atoms with Crippen LogP contribution in [0.5, 0.6) is 0 Å². The Morgan fingerprint density at radius 2 is 2.12 bits per heavy atom. The van der Waals surface area contributed by atoms with E-state index in [1.165, 1.54) is 0 Å². The van der Waals surface area contributed by atoms with E-state index >= 15 is 0 Å². The number of fused-ring (bicyclic) bond motifs is 1. The van der Waals surface area contributed by atoms with E-state index in [1.54, 1.807) is 31.2 Å². The van der Waals surface area contributed by atoms with E-state index in [2.05, 4.69) is 0 Å². The number of ether oxygens (including phenoxy) is 1. The molecule has 4 nitrogen and oxygen atoms in total. The van der Waals surface area contributed by atoms with E-state index in [0.717, 1.165) is 5.56 Å². The average molecular weight is 254 g/mol. The first-order chi connectivity index (χ1) is 8.04. The summed E-state index contributed by atoms with van der Waals surface area (Å²) in [5.74, 6) is -0.606. The molecule has 0 aromatic heterocycles. The molecule has 0 amide bonds. The molecule has 1 aromatic rings. The van der Waals surface area contributed by atoms with Gasteiger partial charge in [0.1, 0.15) is 0 Å². The molecule has 1 aliphatic heterocycles. The molecule has 0 spiro atoms. The van der Waals surface area contributed by atoms with Gasteiger partial charge in [0.15, 0.2) is 9.84 Å². The second kappa shape index (κ2) is 4.49. The Labute approximate surface area is 101 Å². The van der Waals surface area contributed by atoms with Crippen LogP contribution in [0.25, 0.3) is 0 Å². The molecule has 1 atom stereocenters. The van der Waals surface area contributed by atoms with Crippen LogP contribution in [0.4, 0.5) is 0 Å². The van der Waals surface area contributed by atoms with Crippen molar-refractivity contribution < 1.29 is 17.9 Å². The van der Waals surface area contributed by atoms with E-state index in [1.807, 2.05) is 0 Å². The van der Waals surface area contributed by atoms with E-state index in [4.69, 9.17) is 4.74 Å². The highest BCUT2D eigenvalue weighted by Gasteiger charge is 2.35. The highest BCUT2D eigenvalue weighted by atomic mass is 32.2. The van der Waals surface area contributed by atoms with Gasteiger partial charge in [-0.15, -0.1) is 0 Å². The number of esters is 1. The van der Waals surface area contributed by atoms with Crippen molar-refractivity contribution in [3.05, 3.63) is 29.8 Å². The predicted octanol–water partition coefficient (Wildman–Crippen LogP) is 1.51. The third-order valence-corrected chi connectivity index (χ3v) is 4.72. The minimum atomic E-state index is -3.22. The number of sulfone groups is 1. The van der Waals surface area contributed by atoms with Crippen molar-refractivity contribution in [3.63, 3.8) is 0 Å². The first kappa shape index (κ1) is 12.1. The Bertz CT molecular complexity index is 533. The topological polar surface area (TPSA) is 60.4 Å². The highest BCUT2D eigenvalue weighted by molar-refractivity contribution is 7.91. The number of benzene rings is 1. The van der Waals surface area contributed by atoms with Gasteiger partial charge in [0.2, 0.25) is 0 Å². The lowest BCUT2D eigenvalue weighted by Gasteiger charge is -2.08. The van der Waals surface area contributed by atoms with Crippen LogP contribution in [0.15, 0.2) is 29.2 Å². The zero-order valence-corrected chi connectivity index (χ0v) is 10.4. The molecular formula is C12H14O4S.